The van der Waals surface area contributed by atoms with E-state index in [1.54, 1.807) is 12.1 Å². The first-order valence-electron chi connectivity index (χ1n) is 5.90. The van der Waals surface area contributed by atoms with Gasteiger partial charge in [-0.2, -0.15) is 0 Å². The summed E-state index contributed by atoms with van der Waals surface area (Å²) in [6.45, 7) is 4.09. The second-order valence-corrected chi connectivity index (χ2v) is 4.66. The van der Waals surface area contributed by atoms with Gasteiger partial charge in [-0.1, -0.05) is 32.0 Å². The number of nitrogens with two attached hydrogens (primary N) is 1. The Balaban J connectivity index is 2.81. The minimum atomic E-state index is -4.69. The Morgan fingerprint density at radius 3 is 2.33 bits per heavy atom. The highest BCUT2D eigenvalue weighted by atomic mass is 19.4. The molecule has 0 saturated carbocycles. The molecule has 0 saturated heterocycles. The summed E-state index contributed by atoms with van der Waals surface area (Å²) in [6.07, 6.45) is -3.19. The molecular weight excluding hydrogens is 243 g/mol. The van der Waals surface area contributed by atoms with E-state index in [-0.39, 0.29) is 5.75 Å². The lowest BCUT2D eigenvalue weighted by molar-refractivity contribution is -0.275. The number of benzene rings is 1. The van der Waals surface area contributed by atoms with Crippen LogP contribution in [0.5, 0.6) is 5.75 Å². The van der Waals surface area contributed by atoms with Crippen molar-refractivity contribution in [3.8, 4) is 5.75 Å². The van der Waals surface area contributed by atoms with Crippen molar-refractivity contribution in [3.63, 3.8) is 0 Å². The van der Waals surface area contributed by atoms with E-state index < -0.39 is 12.4 Å². The topological polar surface area (TPSA) is 35.2 Å². The number of hydrogen-bond acceptors (Lipinski definition) is 2. The van der Waals surface area contributed by atoms with E-state index in [1.165, 1.54) is 12.1 Å². The van der Waals surface area contributed by atoms with Gasteiger partial charge in [0.15, 0.2) is 0 Å². The first kappa shape index (κ1) is 14.8. The molecule has 0 spiro atoms. The van der Waals surface area contributed by atoms with E-state index in [0.29, 0.717) is 17.9 Å². The molecule has 1 atom stereocenters. The van der Waals surface area contributed by atoms with Crippen molar-refractivity contribution in [3.05, 3.63) is 29.8 Å². The smallest absolute Gasteiger partial charge is 0.405 e. The lowest BCUT2D eigenvalue weighted by Gasteiger charge is -2.18. The van der Waals surface area contributed by atoms with E-state index in [1.807, 2.05) is 13.8 Å². The molecule has 1 aromatic carbocycles. The fourth-order valence-corrected chi connectivity index (χ4v) is 1.67. The molecule has 0 aliphatic heterocycles. The van der Waals surface area contributed by atoms with Crippen LogP contribution in [-0.2, 0) is 0 Å². The van der Waals surface area contributed by atoms with Crippen molar-refractivity contribution < 1.29 is 17.9 Å². The summed E-state index contributed by atoms with van der Waals surface area (Å²) in [5.74, 6) is 0.257. The predicted molar refractivity (Wildman–Crippen MR) is 64.1 cm³/mol. The number of hydrogen-bond donors (Lipinski definition) is 1. The van der Waals surface area contributed by atoms with Crippen LogP contribution in [0.15, 0.2) is 24.3 Å². The normalized spacial score (nSPS) is 13.7. The van der Waals surface area contributed by atoms with Crippen molar-refractivity contribution in [1.29, 1.82) is 0 Å². The Kier molecular flexibility index (Phi) is 5.02. The molecular formula is C13H18F3NO. The molecule has 2 N–H and O–H groups in total. The van der Waals surface area contributed by atoms with Gasteiger partial charge in [0.2, 0.25) is 0 Å². The fraction of sp³-hybridized carbons (Fsp3) is 0.538. The van der Waals surface area contributed by atoms with Gasteiger partial charge in [-0.25, -0.2) is 0 Å². The maximum absolute atomic E-state index is 12.2. The number of para-hydroxylation sites is 1. The Morgan fingerprint density at radius 2 is 1.78 bits per heavy atom. The summed E-state index contributed by atoms with van der Waals surface area (Å²) in [7, 11) is 0. The zero-order chi connectivity index (χ0) is 13.8. The van der Waals surface area contributed by atoms with E-state index >= 15 is 0 Å². The van der Waals surface area contributed by atoms with Crippen LogP contribution < -0.4 is 10.5 Å². The van der Waals surface area contributed by atoms with Crippen LogP contribution in [0.2, 0.25) is 0 Å². The molecule has 0 heterocycles. The summed E-state index contributed by atoms with van der Waals surface area (Å²) in [5, 5.41) is 0. The van der Waals surface area contributed by atoms with Gasteiger partial charge < -0.3 is 10.5 Å². The third-order valence-corrected chi connectivity index (χ3v) is 2.60. The van der Waals surface area contributed by atoms with Crippen LogP contribution in [-0.4, -0.2) is 6.36 Å². The average molecular weight is 261 g/mol. The molecule has 5 heteroatoms. The molecule has 18 heavy (non-hydrogen) atoms. The zero-order valence-electron chi connectivity index (χ0n) is 10.5. The minimum absolute atomic E-state index is 0.207. The van der Waals surface area contributed by atoms with Crippen molar-refractivity contribution in [2.75, 3.05) is 0 Å². The van der Waals surface area contributed by atoms with Crippen LogP contribution in [0.1, 0.15) is 38.3 Å². The quantitative estimate of drug-likeness (QED) is 0.868. The van der Waals surface area contributed by atoms with E-state index in [9.17, 15) is 13.2 Å². The van der Waals surface area contributed by atoms with Gasteiger partial charge in [-0.3, -0.25) is 0 Å². The number of alkyl halides is 3. The van der Waals surface area contributed by atoms with Crippen molar-refractivity contribution in [2.24, 2.45) is 11.7 Å². The van der Waals surface area contributed by atoms with Gasteiger partial charge in [0.05, 0.1) is 0 Å². The molecule has 0 aromatic heterocycles. The Bertz CT molecular complexity index is 377. The molecule has 0 amide bonds. The SMILES string of the molecule is CC(C)CCC(N)c1ccccc1OC(F)(F)F. The van der Waals surface area contributed by atoms with Crippen molar-refractivity contribution >= 4 is 0 Å². The summed E-state index contributed by atoms with van der Waals surface area (Å²) in [4.78, 5) is 0. The van der Waals surface area contributed by atoms with Crippen molar-refractivity contribution in [2.45, 2.75) is 39.1 Å². The minimum Gasteiger partial charge on any atom is -0.405 e. The van der Waals surface area contributed by atoms with E-state index in [4.69, 9.17) is 5.73 Å². The van der Waals surface area contributed by atoms with Crippen LogP contribution in [0.4, 0.5) is 13.2 Å². The molecule has 0 radical (unpaired) electrons. The van der Waals surface area contributed by atoms with Gasteiger partial charge in [-0.15, -0.1) is 13.2 Å². The highest BCUT2D eigenvalue weighted by Crippen LogP contribution is 2.31. The highest BCUT2D eigenvalue weighted by molar-refractivity contribution is 5.35. The van der Waals surface area contributed by atoms with Crippen LogP contribution in [0, 0.1) is 5.92 Å². The van der Waals surface area contributed by atoms with E-state index in [2.05, 4.69) is 4.74 Å². The monoisotopic (exact) mass is 261 g/mol. The van der Waals surface area contributed by atoms with Crippen LogP contribution in [0.25, 0.3) is 0 Å². The molecule has 1 unspecified atom stereocenters. The lowest BCUT2D eigenvalue weighted by atomic mass is 9.98. The fourth-order valence-electron chi connectivity index (χ4n) is 1.67. The standard InChI is InChI=1S/C13H18F3NO/c1-9(2)7-8-11(17)10-5-3-4-6-12(10)18-13(14,15)16/h3-6,9,11H,7-8,17H2,1-2H3. The number of ether oxygens (including phenoxy) is 1. The van der Waals surface area contributed by atoms with Gasteiger partial charge in [0, 0.05) is 11.6 Å². The van der Waals surface area contributed by atoms with Crippen LogP contribution >= 0.6 is 0 Å². The lowest BCUT2D eigenvalue weighted by Crippen LogP contribution is -2.20. The summed E-state index contributed by atoms with van der Waals surface area (Å²) >= 11 is 0. The summed E-state index contributed by atoms with van der Waals surface area (Å²) < 4.78 is 40.7. The van der Waals surface area contributed by atoms with Crippen LogP contribution in [0.3, 0.4) is 0 Å². The Morgan fingerprint density at radius 1 is 1.17 bits per heavy atom. The molecule has 102 valence electrons. The maximum Gasteiger partial charge on any atom is 0.573 e. The number of halogens is 3. The molecule has 0 aliphatic rings. The largest absolute Gasteiger partial charge is 0.573 e. The predicted octanol–water partition coefficient (Wildman–Crippen LogP) is 4.02. The third kappa shape index (κ3) is 4.96. The van der Waals surface area contributed by atoms with Crippen molar-refractivity contribution in [1.82, 2.24) is 0 Å². The molecule has 1 rings (SSSR count). The highest BCUT2D eigenvalue weighted by Gasteiger charge is 2.32. The zero-order valence-corrected chi connectivity index (χ0v) is 10.5. The van der Waals surface area contributed by atoms with Gasteiger partial charge in [0.25, 0.3) is 0 Å². The maximum atomic E-state index is 12.2. The first-order chi connectivity index (χ1) is 8.29. The summed E-state index contributed by atoms with van der Waals surface area (Å²) in [6, 6.07) is 5.59. The summed E-state index contributed by atoms with van der Waals surface area (Å²) in [5.41, 5.74) is 6.31. The third-order valence-electron chi connectivity index (χ3n) is 2.60. The Labute approximate surface area is 105 Å². The van der Waals surface area contributed by atoms with Gasteiger partial charge >= 0.3 is 6.36 Å². The molecule has 2 nitrogen and oxygen atoms in total. The average Bonchev–Trinajstić information content (AvgIpc) is 2.24. The Hall–Kier alpha value is -1.23. The molecule has 0 bridgehead atoms. The van der Waals surface area contributed by atoms with Gasteiger partial charge in [-0.05, 0) is 24.8 Å². The second-order valence-electron chi connectivity index (χ2n) is 4.66. The van der Waals surface area contributed by atoms with Gasteiger partial charge in [0.1, 0.15) is 5.75 Å². The molecule has 0 aliphatic carbocycles. The van der Waals surface area contributed by atoms with E-state index in [0.717, 1.165) is 6.42 Å². The number of rotatable bonds is 5. The first-order valence-corrected chi connectivity index (χ1v) is 5.90. The molecule has 0 fully saturated rings. The molecule has 1 aromatic rings. The second kappa shape index (κ2) is 6.09.